The predicted molar refractivity (Wildman–Crippen MR) is 45.6 cm³/mol. The van der Waals surface area contributed by atoms with E-state index in [2.05, 4.69) is 11.8 Å². The minimum Gasteiger partial charge on any atom is -0.355 e. The highest BCUT2D eigenvalue weighted by molar-refractivity contribution is 6.30. The summed E-state index contributed by atoms with van der Waals surface area (Å²) >= 11 is 5.52. The average molecular weight is 223 g/mol. The van der Waals surface area contributed by atoms with Crippen molar-refractivity contribution in [3.63, 3.8) is 0 Å². The molecule has 1 atom stereocenters. The van der Waals surface area contributed by atoms with Crippen LogP contribution in [0.1, 0.15) is 11.7 Å². The van der Waals surface area contributed by atoms with Crippen LogP contribution in [0.3, 0.4) is 0 Å². The van der Waals surface area contributed by atoms with Crippen LogP contribution in [-0.4, -0.2) is 6.18 Å². The van der Waals surface area contributed by atoms with Crippen molar-refractivity contribution in [1.29, 1.82) is 0 Å². The molecule has 0 amide bonds. The smallest absolute Gasteiger partial charge is 0.355 e. The molecule has 1 nitrogen and oxygen atoms in total. The summed E-state index contributed by atoms with van der Waals surface area (Å²) in [6.07, 6.45) is -6.64. The number of rotatable bonds is 2. The minimum atomic E-state index is -4.53. The molecule has 5 heteroatoms. The summed E-state index contributed by atoms with van der Waals surface area (Å²) in [4.78, 5) is 0. The van der Waals surface area contributed by atoms with Crippen LogP contribution in [0.2, 0.25) is 5.02 Å². The van der Waals surface area contributed by atoms with E-state index in [1.807, 2.05) is 0 Å². The van der Waals surface area contributed by atoms with Crippen LogP contribution in [0.15, 0.2) is 24.3 Å². The van der Waals surface area contributed by atoms with E-state index >= 15 is 0 Å². The molecule has 14 heavy (non-hydrogen) atoms. The van der Waals surface area contributed by atoms with Crippen molar-refractivity contribution in [3.05, 3.63) is 42.0 Å². The Labute approximate surface area is 84.4 Å². The fourth-order valence-electron chi connectivity index (χ4n) is 0.982. The molecule has 0 aliphatic carbocycles. The molecule has 0 heterocycles. The minimum absolute atomic E-state index is 0.0793. The highest BCUT2D eigenvalue weighted by Gasteiger charge is 2.41. The summed E-state index contributed by atoms with van der Waals surface area (Å²) in [5.41, 5.74) is -0.0793. The van der Waals surface area contributed by atoms with E-state index in [9.17, 15) is 13.2 Å². The second-order valence-electron chi connectivity index (χ2n) is 2.61. The Morgan fingerprint density at radius 2 is 1.71 bits per heavy atom. The summed E-state index contributed by atoms with van der Waals surface area (Å²) < 4.78 is 40.7. The zero-order chi connectivity index (χ0) is 10.8. The van der Waals surface area contributed by atoms with Crippen molar-refractivity contribution in [3.8, 4) is 0 Å². The highest BCUT2D eigenvalue weighted by Crippen LogP contribution is 2.35. The number of benzene rings is 1. The topological polar surface area (TPSA) is 9.23 Å². The van der Waals surface area contributed by atoms with E-state index < -0.39 is 12.3 Å². The third-order valence-corrected chi connectivity index (χ3v) is 1.86. The Morgan fingerprint density at radius 3 is 2.07 bits per heavy atom. The molecular formula is C9H6ClF3O. The number of ether oxygens (including phenoxy) is 1. The third-order valence-electron chi connectivity index (χ3n) is 1.61. The molecule has 0 saturated heterocycles. The van der Waals surface area contributed by atoms with Crippen LogP contribution in [0, 0.1) is 7.11 Å². The molecule has 1 rings (SSSR count). The largest absolute Gasteiger partial charge is 0.418 e. The van der Waals surface area contributed by atoms with Gasteiger partial charge in [0.2, 0.25) is 0 Å². The quantitative estimate of drug-likeness (QED) is 0.743. The molecule has 1 aromatic carbocycles. The molecule has 0 N–H and O–H groups in total. The first-order chi connectivity index (χ1) is 6.45. The normalized spacial score (nSPS) is 14.1. The number of alkyl halides is 3. The molecule has 0 aliphatic rings. The van der Waals surface area contributed by atoms with E-state index in [4.69, 9.17) is 11.6 Å². The zero-order valence-corrected chi connectivity index (χ0v) is 7.64. The highest BCUT2D eigenvalue weighted by atomic mass is 35.5. The first-order valence-corrected chi connectivity index (χ1v) is 4.00. The summed E-state index contributed by atoms with van der Waals surface area (Å²) in [6, 6.07) is 5.12. The van der Waals surface area contributed by atoms with Crippen molar-refractivity contribution < 1.29 is 17.9 Å². The average Bonchev–Trinajstić information content (AvgIpc) is 2.07. The zero-order valence-electron chi connectivity index (χ0n) is 6.88. The fourth-order valence-corrected chi connectivity index (χ4v) is 1.11. The number of hydrogen-bond acceptors (Lipinski definition) is 1. The molecule has 0 saturated carbocycles. The number of halogens is 4. The molecule has 0 aliphatic heterocycles. The van der Waals surface area contributed by atoms with E-state index in [0.717, 1.165) is 0 Å². The Balaban J connectivity index is 2.96. The third kappa shape index (κ3) is 2.62. The summed E-state index contributed by atoms with van der Waals surface area (Å²) in [5, 5.41) is 0.353. The molecule has 0 aromatic heterocycles. The van der Waals surface area contributed by atoms with E-state index in [0.29, 0.717) is 5.02 Å². The molecule has 0 spiro atoms. The van der Waals surface area contributed by atoms with Gasteiger partial charge in [-0.25, -0.2) is 0 Å². The lowest BCUT2D eigenvalue weighted by atomic mass is 10.1. The predicted octanol–water partition coefficient (Wildman–Crippen LogP) is 3.63. The van der Waals surface area contributed by atoms with Crippen molar-refractivity contribution in [2.24, 2.45) is 0 Å². The molecule has 1 unspecified atom stereocenters. The SMILES string of the molecule is [CH]OC(c1ccc(Cl)cc1)C(F)(F)F. The van der Waals surface area contributed by atoms with Crippen LogP contribution < -0.4 is 0 Å². The maximum Gasteiger partial charge on any atom is 0.418 e. The maximum absolute atomic E-state index is 12.3. The Kier molecular flexibility index (Phi) is 3.39. The second-order valence-corrected chi connectivity index (χ2v) is 3.05. The van der Waals surface area contributed by atoms with Crippen LogP contribution in [0.25, 0.3) is 0 Å². The van der Waals surface area contributed by atoms with Gasteiger partial charge in [0.15, 0.2) is 6.10 Å². The van der Waals surface area contributed by atoms with Gasteiger partial charge in [-0.15, -0.1) is 0 Å². The van der Waals surface area contributed by atoms with Gasteiger partial charge in [0, 0.05) is 5.02 Å². The van der Waals surface area contributed by atoms with Crippen molar-refractivity contribution in [1.82, 2.24) is 0 Å². The van der Waals surface area contributed by atoms with Gasteiger partial charge >= 0.3 is 6.18 Å². The Hall–Kier alpha value is -0.740. The van der Waals surface area contributed by atoms with Gasteiger partial charge in [-0.05, 0) is 17.7 Å². The molecule has 1 aromatic rings. The van der Waals surface area contributed by atoms with Crippen LogP contribution in [-0.2, 0) is 4.74 Å². The molecular weight excluding hydrogens is 217 g/mol. The first-order valence-electron chi connectivity index (χ1n) is 3.63. The second kappa shape index (κ2) is 4.19. The summed E-state index contributed by atoms with van der Waals surface area (Å²) in [6.45, 7) is 0. The van der Waals surface area contributed by atoms with Crippen LogP contribution in [0.5, 0.6) is 0 Å². The van der Waals surface area contributed by atoms with Gasteiger partial charge in [0.05, 0.1) is 0 Å². The van der Waals surface area contributed by atoms with Gasteiger partial charge in [0.1, 0.15) is 7.11 Å². The fraction of sp³-hybridized carbons (Fsp3) is 0.222. The molecule has 0 fully saturated rings. The molecule has 2 radical (unpaired) electrons. The molecule has 0 bridgehead atoms. The van der Waals surface area contributed by atoms with Gasteiger partial charge in [-0.2, -0.15) is 13.2 Å². The standard InChI is InChI=1S/C9H6ClF3O/c1-14-8(9(11,12)13)6-2-4-7(10)5-3-6/h1-5,8H. The maximum atomic E-state index is 12.3. The monoisotopic (exact) mass is 222 g/mol. The molecule has 76 valence electrons. The van der Waals surface area contributed by atoms with Crippen molar-refractivity contribution >= 4 is 11.6 Å². The van der Waals surface area contributed by atoms with Crippen molar-refractivity contribution in [2.45, 2.75) is 12.3 Å². The Morgan fingerprint density at radius 1 is 1.21 bits per heavy atom. The van der Waals surface area contributed by atoms with Crippen LogP contribution in [0.4, 0.5) is 13.2 Å². The van der Waals surface area contributed by atoms with Gasteiger partial charge in [-0.1, -0.05) is 23.7 Å². The van der Waals surface area contributed by atoms with Crippen LogP contribution >= 0.6 is 11.6 Å². The van der Waals surface area contributed by atoms with Gasteiger partial charge < -0.3 is 4.74 Å². The first kappa shape index (κ1) is 11.3. The lowest BCUT2D eigenvalue weighted by Crippen LogP contribution is -2.21. The summed E-state index contributed by atoms with van der Waals surface area (Å²) in [5.74, 6) is 0. The van der Waals surface area contributed by atoms with Gasteiger partial charge in [0.25, 0.3) is 0 Å². The lowest BCUT2D eigenvalue weighted by molar-refractivity contribution is -0.209. The lowest BCUT2D eigenvalue weighted by Gasteiger charge is -2.18. The number of hydrogen-bond donors (Lipinski definition) is 0. The van der Waals surface area contributed by atoms with E-state index in [1.54, 1.807) is 0 Å². The Bertz CT molecular complexity index is 294. The van der Waals surface area contributed by atoms with E-state index in [-0.39, 0.29) is 5.56 Å². The van der Waals surface area contributed by atoms with E-state index in [1.165, 1.54) is 24.3 Å². The van der Waals surface area contributed by atoms with Gasteiger partial charge in [-0.3, -0.25) is 0 Å². The summed E-state index contributed by atoms with van der Waals surface area (Å²) in [7, 11) is 4.58. The van der Waals surface area contributed by atoms with Crippen molar-refractivity contribution in [2.75, 3.05) is 0 Å².